The smallest absolute Gasteiger partial charge is 0.463 e. The number of allylic oxidation sites excluding steroid dienone is 6. The first-order valence-corrected chi connectivity index (χ1v) is 35.3. The number of hydrogen-bond acceptors (Lipinski definition) is 14. The summed E-state index contributed by atoms with van der Waals surface area (Å²) >= 11 is 0. The highest BCUT2D eigenvalue weighted by molar-refractivity contribution is 7.47. The van der Waals surface area contributed by atoms with E-state index in [1.807, 2.05) is 0 Å². The summed E-state index contributed by atoms with van der Waals surface area (Å²) in [5, 5.41) is 20.5. The van der Waals surface area contributed by atoms with Gasteiger partial charge in [0.25, 0.3) is 0 Å². The van der Waals surface area contributed by atoms with E-state index in [1.54, 1.807) is 0 Å². The number of aliphatic hydroxyl groups excluding tert-OH is 2. The predicted octanol–water partition coefficient (Wildman–Crippen LogP) is 17.1. The van der Waals surface area contributed by atoms with Crippen LogP contribution in [0.25, 0.3) is 0 Å². The second-order valence-electron chi connectivity index (χ2n) is 21.9. The molecular formula is C63H118O16P2. The maximum atomic E-state index is 12.8. The average Bonchev–Trinajstić information content (AvgIpc) is 3.44. The number of rotatable bonds is 62. The summed E-state index contributed by atoms with van der Waals surface area (Å²) in [6.45, 7) is 2.65. The molecule has 0 aromatic heterocycles. The minimum atomic E-state index is -4.91. The van der Waals surface area contributed by atoms with Crippen molar-refractivity contribution in [1.82, 2.24) is 0 Å². The van der Waals surface area contributed by atoms with Crippen LogP contribution in [0.4, 0.5) is 0 Å². The number of ether oxygens (including phenoxy) is 3. The van der Waals surface area contributed by atoms with Gasteiger partial charge in [0.05, 0.1) is 26.4 Å². The third-order valence-electron chi connectivity index (χ3n) is 13.9. The van der Waals surface area contributed by atoms with Crippen molar-refractivity contribution in [3.63, 3.8) is 0 Å². The molecule has 5 atom stereocenters. The van der Waals surface area contributed by atoms with Gasteiger partial charge in [-0.15, -0.1) is 0 Å². The van der Waals surface area contributed by atoms with Crippen LogP contribution >= 0.6 is 15.6 Å². The molecule has 0 radical (unpaired) electrons. The van der Waals surface area contributed by atoms with Gasteiger partial charge in [0, 0.05) is 19.3 Å². The number of esters is 3. The largest absolute Gasteiger partial charge is 0.472 e. The number of phosphoric acid groups is 2. The number of unbranched alkanes of at least 4 members (excludes halogenated alkanes) is 33. The third kappa shape index (κ3) is 59.3. The topological polar surface area (TPSA) is 231 Å². The van der Waals surface area contributed by atoms with Gasteiger partial charge in [-0.3, -0.25) is 32.5 Å². The minimum Gasteiger partial charge on any atom is -0.463 e. The Morgan fingerprint density at radius 2 is 0.617 bits per heavy atom. The molecule has 0 aromatic rings. The zero-order chi connectivity index (χ0) is 59.6. The monoisotopic (exact) mass is 1190 g/mol. The second-order valence-corrected chi connectivity index (χ2v) is 24.8. The summed E-state index contributed by atoms with van der Waals surface area (Å²) in [7, 11) is -9.75. The van der Waals surface area contributed by atoms with E-state index in [0.717, 1.165) is 96.3 Å². The Morgan fingerprint density at radius 3 is 1.00 bits per heavy atom. The lowest BCUT2D eigenvalue weighted by molar-refractivity contribution is -0.161. The fourth-order valence-electron chi connectivity index (χ4n) is 8.87. The van der Waals surface area contributed by atoms with Crippen molar-refractivity contribution in [3.8, 4) is 0 Å². The van der Waals surface area contributed by atoms with Crippen LogP contribution in [0.15, 0.2) is 36.5 Å². The summed E-state index contributed by atoms with van der Waals surface area (Å²) in [5.41, 5.74) is 0. The summed E-state index contributed by atoms with van der Waals surface area (Å²) in [6.07, 6.45) is 53.5. The van der Waals surface area contributed by atoms with Gasteiger partial charge >= 0.3 is 33.6 Å². The lowest BCUT2D eigenvalue weighted by Gasteiger charge is -2.21. The number of carbonyl (C=O) groups is 3. The second kappa shape index (κ2) is 58.2. The van der Waals surface area contributed by atoms with Crippen LogP contribution in [-0.4, -0.2) is 95.9 Å². The van der Waals surface area contributed by atoms with Gasteiger partial charge in [0.1, 0.15) is 25.4 Å². The molecule has 18 heteroatoms. The van der Waals surface area contributed by atoms with Crippen molar-refractivity contribution >= 4 is 33.6 Å². The third-order valence-corrected chi connectivity index (χ3v) is 15.8. The van der Waals surface area contributed by atoms with Crippen LogP contribution in [0.2, 0.25) is 0 Å². The lowest BCUT2D eigenvalue weighted by Crippen LogP contribution is -2.30. The molecule has 0 bridgehead atoms. The van der Waals surface area contributed by atoms with Gasteiger partial charge in [0.15, 0.2) is 6.10 Å². The summed E-state index contributed by atoms with van der Waals surface area (Å²) in [5.74, 6) is -1.57. The zero-order valence-corrected chi connectivity index (χ0v) is 53.0. The van der Waals surface area contributed by atoms with Crippen LogP contribution < -0.4 is 0 Å². The molecule has 81 heavy (non-hydrogen) atoms. The first kappa shape index (κ1) is 78.8. The highest BCUT2D eigenvalue weighted by atomic mass is 31.2. The van der Waals surface area contributed by atoms with E-state index in [1.165, 1.54) is 135 Å². The lowest BCUT2D eigenvalue weighted by atomic mass is 10.0. The highest BCUT2D eigenvalue weighted by Gasteiger charge is 2.29. The fourth-order valence-corrected chi connectivity index (χ4v) is 10.5. The molecule has 0 saturated heterocycles. The maximum Gasteiger partial charge on any atom is 0.472 e. The summed E-state index contributed by atoms with van der Waals surface area (Å²) in [6, 6.07) is 0. The standard InChI is InChI=1S/C63H118O16P2/c1-4-7-10-13-16-19-22-24-26-27-28-29-31-33-35-37-40-43-46-49-61(66)73-52-58(64)53-75-80(69,70)76-54-59(65)55-77-81(71,72)78-57-60(79-63(68)51-48-45-42-39-34-21-18-15-12-9-6-3)56-74-62(67)50-47-44-41-38-36-32-30-25-23-20-17-14-11-8-5-2/h16,19,24,26,28-29,58-60,64-65H,4-15,17-18,20-23,25,27,30-57H2,1-3H3,(H,69,70)(H,71,72)/b19-16-,26-24-,29-28-. The van der Waals surface area contributed by atoms with Crippen LogP contribution in [0.5, 0.6) is 0 Å². The molecule has 0 saturated carbocycles. The first-order chi connectivity index (χ1) is 39.2. The van der Waals surface area contributed by atoms with E-state index >= 15 is 0 Å². The Kier molecular flexibility index (Phi) is 56.6. The molecule has 0 aliphatic rings. The molecule has 0 rings (SSSR count). The van der Waals surface area contributed by atoms with Crippen molar-refractivity contribution in [3.05, 3.63) is 36.5 Å². The Labute approximate surface area is 492 Å². The summed E-state index contributed by atoms with van der Waals surface area (Å²) in [4.78, 5) is 58.1. The number of aliphatic hydroxyl groups is 2. The van der Waals surface area contributed by atoms with Crippen LogP contribution in [-0.2, 0) is 55.8 Å². The SMILES string of the molecule is CCCCC/C=C\C/C=C\C/C=C\CCCCCCCCC(=O)OCC(O)COP(=O)(O)OCC(O)COP(=O)(O)OCC(COC(=O)CCCCCCCCCCCCCCCCC)OC(=O)CCCCCCCCCCCCC. The van der Waals surface area contributed by atoms with Gasteiger partial charge in [-0.25, -0.2) is 9.13 Å². The molecule has 476 valence electrons. The Morgan fingerprint density at radius 1 is 0.346 bits per heavy atom. The number of carbonyl (C=O) groups excluding carboxylic acids is 3. The molecule has 0 amide bonds. The Balaban J connectivity index is 4.57. The van der Waals surface area contributed by atoms with Gasteiger partial charge in [-0.05, 0) is 57.8 Å². The molecule has 0 fully saturated rings. The van der Waals surface area contributed by atoms with E-state index in [4.69, 9.17) is 32.3 Å². The maximum absolute atomic E-state index is 12.8. The molecule has 0 aromatic carbocycles. The normalized spacial score (nSPS) is 14.6. The van der Waals surface area contributed by atoms with Gasteiger partial charge < -0.3 is 34.2 Å². The first-order valence-electron chi connectivity index (χ1n) is 32.3. The van der Waals surface area contributed by atoms with Crippen molar-refractivity contribution in [2.75, 3.05) is 39.6 Å². The molecule has 0 heterocycles. The Bertz CT molecular complexity index is 1640. The fraction of sp³-hybridized carbons (Fsp3) is 0.857. The van der Waals surface area contributed by atoms with Crippen molar-refractivity contribution in [2.45, 2.75) is 309 Å². The molecular weight excluding hydrogens is 1070 g/mol. The van der Waals surface area contributed by atoms with Gasteiger partial charge in [-0.2, -0.15) is 0 Å². The molecule has 0 aliphatic carbocycles. The molecule has 0 spiro atoms. The highest BCUT2D eigenvalue weighted by Crippen LogP contribution is 2.45. The molecule has 16 nitrogen and oxygen atoms in total. The van der Waals surface area contributed by atoms with E-state index in [0.29, 0.717) is 19.3 Å². The van der Waals surface area contributed by atoms with Crippen LogP contribution in [0.3, 0.4) is 0 Å². The molecule has 5 unspecified atom stereocenters. The van der Waals surface area contributed by atoms with Crippen LogP contribution in [0, 0.1) is 0 Å². The summed E-state index contributed by atoms with van der Waals surface area (Å²) < 4.78 is 60.7. The Hall–Kier alpha value is -2.23. The van der Waals surface area contributed by atoms with Crippen molar-refractivity contribution in [2.24, 2.45) is 0 Å². The van der Waals surface area contributed by atoms with Crippen molar-refractivity contribution in [1.29, 1.82) is 0 Å². The number of hydrogen-bond donors (Lipinski definition) is 4. The minimum absolute atomic E-state index is 0.113. The van der Waals surface area contributed by atoms with E-state index in [2.05, 4.69) is 57.2 Å². The van der Waals surface area contributed by atoms with Crippen molar-refractivity contribution < 1.29 is 75.8 Å². The van der Waals surface area contributed by atoms with E-state index in [-0.39, 0.29) is 19.3 Å². The zero-order valence-electron chi connectivity index (χ0n) is 51.2. The van der Waals surface area contributed by atoms with Gasteiger partial charge in [0.2, 0.25) is 0 Å². The number of phosphoric ester groups is 2. The van der Waals surface area contributed by atoms with E-state index in [9.17, 15) is 43.5 Å². The molecule has 0 aliphatic heterocycles. The van der Waals surface area contributed by atoms with Crippen LogP contribution in [0.1, 0.15) is 290 Å². The quantitative estimate of drug-likeness (QED) is 0.0146. The van der Waals surface area contributed by atoms with E-state index < -0.39 is 91.5 Å². The predicted molar refractivity (Wildman–Crippen MR) is 326 cm³/mol. The molecule has 4 N–H and O–H groups in total. The van der Waals surface area contributed by atoms with Gasteiger partial charge in [-0.1, -0.05) is 250 Å². The average molecular weight is 1190 g/mol.